The van der Waals surface area contributed by atoms with Gasteiger partial charge in [-0.05, 0) is 44.9 Å². The van der Waals surface area contributed by atoms with Gasteiger partial charge in [0.15, 0.2) is 12.4 Å². The molecule has 6 nitrogen and oxygen atoms in total. The number of hydrogen-bond donors (Lipinski definition) is 1. The molecule has 1 aromatic heterocycles. The largest absolute Gasteiger partial charge is 0.454 e. The number of ether oxygens (including phenoxy) is 1. The van der Waals surface area contributed by atoms with E-state index in [1.54, 1.807) is 10.7 Å². The van der Waals surface area contributed by atoms with Crippen LogP contribution in [0.15, 0.2) is 18.5 Å². The van der Waals surface area contributed by atoms with Crippen LogP contribution in [0.3, 0.4) is 0 Å². The van der Waals surface area contributed by atoms with E-state index >= 15 is 0 Å². The number of benzene rings is 1. The molecule has 0 bridgehead atoms. The van der Waals surface area contributed by atoms with Gasteiger partial charge in [0.2, 0.25) is 0 Å². The Balaban J connectivity index is 2.12. The van der Waals surface area contributed by atoms with Crippen molar-refractivity contribution in [1.82, 2.24) is 14.8 Å². The summed E-state index contributed by atoms with van der Waals surface area (Å²) in [7, 11) is 0. The summed E-state index contributed by atoms with van der Waals surface area (Å²) in [6.07, 6.45) is 1.46. The number of nitrogens with zero attached hydrogens (tertiary/aromatic N) is 3. The molecule has 2 rings (SSSR count). The second kappa shape index (κ2) is 5.95. The number of nitrogen functional groups attached to an aromatic ring is 1. The molecule has 6 heteroatoms. The van der Waals surface area contributed by atoms with Gasteiger partial charge < -0.3 is 10.5 Å². The molecule has 21 heavy (non-hydrogen) atoms. The first-order chi connectivity index (χ1) is 9.90. The van der Waals surface area contributed by atoms with Crippen LogP contribution in [0.4, 0.5) is 5.69 Å². The maximum Gasteiger partial charge on any atom is 0.338 e. The van der Waals surface area contributed by atoms with Crippen LogP contribution in [0.2, 0.25) is 0 Å². The van der Waals surface area contributed by atoms with Crippen molar-refractivity contribution in [1.29, 1.82) is 0 Å². The van der Waals surface area contributed by atoms with E-state index in [1.165, 1.54) is 6.33 Å². The number of nitrogens with two attached hydrogens (primary N) is 1. The van der Waals surface area contributed by atoms with Gasteiger partial charge in [-0.25, -0.2) is 14.5 Å². The number of aromatic nitrogens is 3. The number of aryl methyl sites for hydroxylation is 2. The maximum absolute atomic E-state index is 12.2. The second-order valence-corrected chi connectivity index (χ2v) is 5.31. The zero-order chi connectivity index (χ0) is 15.6. The molecule has 0 radical (unpaired) electrons. The number of anilines is 1. The Hall–Kier alpha value is -2.37. The highest BCUT2D eigenvalue weighted by Crippen LogP contribution is 2.19. The van der Waals surface area contributed by atoms with E-state index < -0.39 is 5.97 Å². The minimum Gasteiger partial charge on any atom is -0.454 e. The molecule has 1 heterocycles. The lowest BCUT2D eigenvalue weighted by molar-refractivity contribution is 0.0454. The van der Waals surface area contributed by atoms with Crippen molar-refractivity contribution in [2.75, 3.05) is 5.73 Å². The third-order valence-electron chi connectivity index (χ3n) is 3.30. The van der Waals surface area contributed by atoms with Gasteiger partial charge in [0.05, 0.1) is 5.56 Å². The summed E-state index contributed by atoms with van der Waals surface area (Å²) in [6, 6.07) is 3.70. The average molecular weight is 288 g/mol. The topological polar surface area (TPSA) is 83.0 Å². The molecular formula is C15H20N4O2. The first-order valence-electron chi connectivity index (χ1n) is 6.82. The summed E-state index contributed by atoms with van der Waals surface area (Å²) in [5.74, 6) is 0.216. The standard InChI is InChI=1S/C15H20N4O2/c1-9(2)19-14(17-8-18-19)7-21-15(20)12-6-13(16)11(4)5-10(12)3/h5-6,8-9H,7,16H2,1-4H3. The van der Waals surface area contributed by atoms with Gasteiger partial charge in [0, 0.05) is 11.7 Å². The molecule has 112 valence electrons. The van der Waals surface area contributed by atoms with E-state index in [-0.39, 0.29) is 12.6 Å². The predicted molar refractivity (Wildman–Crippen MR) is 79.9 cm³/mol. The van der Waals surface area contributed by atoms with E-state index in [9.17, 15) is 4.79 Å². The Morgan fingerprint density at radius 2 is 2.05 bits per heavy atom. The van der Waals surface area contributed by atoms with Crippen LogP contribution in [0.5, 0.6) is 0 Å². The molecule has 2 N–H and O–H groups in total. The molecule has 1 aromatic carbocycles. The monoisotopic (exact) mass is 288 g/mol. The quantitative estimate of drug-likeness (QED) is 0.690. The smallest absolute Gasteiger partial charge is 0.338 e. The molecule has 0 atom stereocenters. The van der Waals surface area contributed by atoms with Crippen LogP contribution in [0, 0.1) is 13.8 Å². The predicted octanol–water partition coefficient (Wildman–Crippen LogP) is 2.42. The van der Waals surface area contributed by atoms with Crippen LogP contribution >= 0.6 is 0 Å². The van der Waals surface area contributed by atoms with Gasteiger partial charge in [0.25, 0.3) is 0 Å². The average Bonchev–Trinajstić information content (AvgIpc) is 2.88. The molecule has 0 saturated carbocycles. The highest BCUT2D eigenvalue weighted by atomic mass is 16.5. The SMILES string of the molecule is Cc1cc(C)c(C(=O)OCc2ncnn2C(C)C)cc1N. The zero-order valence-corrected chi connectivity index (χ0v) is 12.8. The maximum atomic E-state index is 12.2. The van der Waals surface area contributed by atoms with Gasteiger partial charge in [-0.3, -0.25) is 0 Å². The minimum atomic E-state index is -0.405. The highest BCUT2D eigenvalue weighted by Gasteiger charge is 2.15. The lowest BCUT2D eigenvalue weighted by Crippen LogP contribution is -2.13. The number of hydrogen-bond acceptors (Lipinski definition) is 5. The van der Waals surface area contributed by atoms with Gasteiger partial charge in [0.1, 0.15) is 6.33 Å². The van der Waals surface area contributed by atoms with Crippen molar-refractivity contribution in [2.24, 2.45) is 0 Å². The lowest BCUT2D eigenvalue weighted by Gasteiger charge is -2.11. The van der Waals surface area contributed by atoms with Crippen molar-refractivity contribution in [2.45, 2.75) is 40.3 Å². The summed E-state index contributed by atoms with van der Waals surface area (Å²) in [5.41, 5.74) is 8.70. The van der Waals surface area contributed by atoms with E-state index in [0.29, 0.717) is 17.1 Å². The van der Waals surface area contributed by atoms with Crippen molar-refractivity contribution < 1.29 is 9.53 Å². The van der Waals surface area contributed by atoms with Crippen molar-refractivity contribution in [3.05, 3.63) is 41.0 Å². The number of carbonyl (C=O) groups is 1. The Bertz CT molecular complexity index is 662. The summed E-state index contributed by atoms with van der Waals surface area (Å²) in [5, 5.41) is 4.10. The molecule has 0 amide bonds. The summed E-state index contributed by atoms with van der Waals surface area (Å²) in [4.78, 5) is 16.3. The third-order valence-corrected chi connectivity index (χ3v) is 3.30. The fourth-order valence-corrected chi connectivity index (χ4v) is 2.11. The van der Waals surface area contributed by atoms with Crippen LogP contribution in [0.1, 0.15) is 47.2 Å². The van der Waals surface area contributed by atoms with Gasteiger partial charge >= 0.3 is 5.97 Å². The van der Waals surface area contributed by atoms with Crippen LogP contribution < -0.4 is 5.73 Å². The number of rotatable bonds is 4. The summed E-state index contributed by atoms with van der Waals surface area (Å²) >= 11 is 0. The first kappa shape index (κ1) is 15.0. The van der Waals surface area contributed by atoms with Gasteiger partial charge in [-0.1, -0.05) is 6.07 Å². The number of carbonyl (C=O) groups excluding carboxylic acids is 1. The normalized spacial score (nSPS) is 10.9. The van der Waals surface area contributed by atoms with Crippen molar-refractivity contribution >= 4 is 11.7 Å². The second-order valence-electron chi connectivity index (χ2n) is 5.31. The molecule has 0 aliphatic rings. The number of esters is 1. The summed E-state index contributed by atoms with van der Waals surface area (Å²) < 4.78 is 7.05. The molecule has 0 aliphatic heterocycles. The molecule has 0 fully saturated rings. The first-order valence-corrected chi connectivity index (χ1v) is 6.82. The van der Waals surface area contributed by atoms with Crippen LogP contribution in [-0.2, 0) is 11.3 Å². The van der Waals surface area contributed by atoms with Gasteiger partial charge in [-0.2, -0.15) is 5.10 Å². The Morgan fingerprint density at radius 1 is 1.33 bits per heavy atom. The third kappa shape index (κ3) is 3.21. The van der Waals surface area contributed by atoms with Gasteiger partial charge in [-0.15, -0.1) is 0 Å². The van der Waals surface area contributed by atoms with E-state index in [1.807, 2.05) is 33.8 Å². The molecule has 0 aliphatic carbocycles. The highest BCUT2D eigenvalue weighted by molar-refractivity contribution is 5.92. The molecular weight excluding hydrogens is 268 g/mol. The minimum absolute atomic E-state index is 0.0875. The zero-order valence-electron chi connectivity index (χ0n) is 12.8. The lowest BCUT2D eigenvalue weighted by atomic mass is 10.0. The van der Waals surface area contributed by atoms with E-state index in [2.05, 4.69) is 10.1 Å². The van der Waals surface area contributed by atoms with E-state index in [4.69, 9.17) is 10.5 Å². The molecule has 0 saturated heterocycles. The van der Waals surface area contributed by atoms with Crippen LogP contribution in [0.25, 0.3) is 0 Å². The van der Waals surface area contributed by atoms with Crippen LogP contribution in [-0.4, -0.2) is 20.7 Å². The molecule has 0 spiro atoms. The molecule has 0 unspecified atom stereocenters. The Labute approximate surface area is 123 Å². The molecule has 2 aromatic rings. The fourth-order valence-electron chi connectivity index (χ4n) is 2.11. The summed E-state index contributed by atoms with van der Waals surface area (Å²) in [6.45, 7) is 7.84. The Morgan fingerprint density at radius 3 is 2.71 bits per heavy atom. The Kier molecular flexibility index (Phi) is 4.26. The van der Waals surface area contributed by atoms with Crippen molar-refractivity contribution in [3.8, 4) is 0 Å². The fraction of sp³-hybridized carbons (Fsp3) is 0.400. The van der Waals surface area contributed by atoms with Crippen molar-refractivity contribution in [3.63, 3.8) is 0 Å². The van der Waals surface area contributed by atoms with E-state index in [0.717, 1.165) is 11.1 Å².